The van der Waals surface area contributed by atoms with Gasteiger partial charge in [-0.3, -0.25) is 0 Å². The van der Waals surface area contributed by atoms with Gasteiger partial charge >= 0.3 is 0 Å². The lowest BCUT2D eigenvalue weighted by Crippen LogP contribution is -2.50. The summed E-state index contributed by atoms with van der Waals surface area (Å²) < 4.78 is 0. The highest BCUT2D eigenvalue weighted by molar-refractivity contribution is 5.74. The first kappa shape index (κ1) is 11.3. The molecular formula is C14H22N2. The van der Waals surface area contributed by atoms with Gasteiger partial charge in [0, 0.05) is 13.6 Å². The SMILES string of the molecule is CC(C)c1ccc2c(c1)NCC(C)(C)N2C. The van der Waals surface area contributed by atoms with E-state index in [1.807, 2.05) is 0 Å². The molecule has 16 heavy (non-hydrogen) atoms. The molecule has 0 radical (unpaired) electrons. The Labute approximate surface area is 98.7 Å². The second-order valence-electron chi connectivity index (χ2n) is 5.66. The fraction of sp³-hybridized carbons (Fsp3) is 0.571. The largest absolute Gasteiger partial charge is 0.381 e. The van der Waals surface area contributed by atoms with E-state index in [1.165, 1.54) is 16.9 Å². The number of hydrogen-bond acceptors (Lipinski definition) is 2. The van der Waals surface area contributed by atoms with E-state index in [9.17, 15) is 0 Å². The first-order chi connectivity index (χ1) is 7.42. The van der Waals surface area contributed by atoms with Crippen LogP contribution in [0, 0.1) is 0 Å². The van der Waals surface area contributed by atoms with Gasteiger partial charge < -0.3 is 10.2 Å². The fourth-order valence-electron chi connectivity index (χ4n) is 2.10. The minimum atomic E-state index is 0.187. The number of fused-ring (bicyclic) bond motifs is 1. The molecule has 1 aromatic carbocycles. The third kappa shape index (κ3) is 1.77. The molecule has 0 aliphatic carbocycles. The number of anilines is 2. The Morgan fingerprint density at radius 2 is 2.00 bits per heavy atom. The summed E-state index contributed by atoms with van der Waals surface area (Å²) in [5.74, 6) is 0.590. The molecule has 0 spiro atoms. The molecule has 0 unspecified atom stereocenters. The third-order valence-electron chi connectivity index (χ3n) is 3.67. The predicted molar refractivity (Wildman–Crippen MR) is 71.5 cm³/mol. The molecular weight excluding hydrogens is 196 g/mol. The van der Waals surface area contributed by atoms with Crippen LogP contribution in [-0.2, 0) is 0 Å². The van der Waals surface area contributed by atoms with Crippen LogP contribution < -0.4 is 10.2 Å². The van der Waals surface area contributed by atoms with Crippen molar-refractivity contribution in [2.24, 2.45) is 0 Å². The van der Waals surface area contributed by atoms with E-state index in [2.05, 4.69) is 63.2 Å². The normalized spacial score (nSPS) is 18.2. The van der Waals surface area contributed by atoms with Crippen LogP contribution in [0.4, 0.5) is 11.4 Å². The van der Waals surface area contributed by atoms with Crippen LogP contribution in [0.5, 0.6) is 0 Å². The third-order valence-corrected chi connectivity index (χ3v) is 3.67. The predicted octanol–water partition coefficient (Wildman–Crippen LogP) is 3.45. The summed E-state index contributed by atoms with van der Waals surface area (Å²) in [6.07, 6.45) is 0. The van der Waals surface area contributed by atoms with Crippen LogP contribution in [-0.4, -0.2) is 19.1 Å². The molecule has 1 aromatic rings. The van der Waals surface area contributed by atoms with Crippen molar-refractivity contribution in [2.45, 2.75) is 39.2 Å². The van der Waals surface area contributed by atoms with E-state index in [4.69, 9.17) is 0 Å². The molecule has 0 saturated heterocycles. The van der Waals surface area contributed by atoms with Gasteiger partial charge in [-0.1, -0.05) is 19.9 Å². The van der Waals surface area contributed by atoms with Crippen molar-refractivity contribution in [1.29, 1.82) is 0 Å². The monoisotopic (exact) mass is 218 g/mol. The summed E-state index contributed by atoms with van der Waals surface area (Å²) >= 11 is 0. The maximum Gasteiger partial charge on any atom is 0.0604 e. The first-order valence-corrected chi connectivity index (χ1v) is 6.03. The smallest absolute Gasteiger partial charge is 0.0604 e. The van der Waals surface area contributed by atoms with Crippen LogP contribution in [0.15, 0.2) is 18.2 Å². The molecule has 1 aliphatic heterocycles. The number of rotatable bonds is 1. The zero-order valence-corrected chi connectivity index (χ0v) is 11.0. The van der Waals surface area contributed by atoms with Crippen molar-refractivity contribution in [3.05, 3.63) is 23.8 Å². The summed E-state index contributed by atoms with van der Waals surface area (Å²) in [7, 11) is 2.18. The van der Waals surface area contributed by atoms with Gasteiger partial charge in [0.2, 0.25) is 0 Å². The van der Waals surface area contributed by atoms with Gasteiger partial charge in [0.25, 0.3) is 0 Å². The molecule has 1 N–H and O–H groups in total. The molecule has 0 atom stereocenters. The standard InChI is InChI=1S/C14H22N2/c1-10(2)11-6-7-13-12(8-11)15-9-14(3,4)16(13)5/h6-8,10,15H,9H2,1-5H3. The zero-order valence-electron chi connectivity index (χ0n) is 11.0. The van der Waals surface area contributed by atoms with Crippen molar-refractivity contribution >= 4 is 11.4 Å². The highest BCUT2D eigenvalue weighted by atomic mass is 15.2. The second kappa shape index (κ2) is 3.69. The van der Waals surface area contributed by atoms with E-state index in [-0.39, 0.29) is 5.54 Å². The summed E-state index contributed by atoms with van der Waals surface area (Å²) in [5.41, 5.74) is 4.17. The van der Waals surface area contributed by atoms with Crippen molar-refractivity contribution in [3.8, 4) is 0 Å². The average Bonchev–Trinajstić information content (AvgIpc) is 2.23. The van der Waals surface area contributed by atoms with Gasteiger partial charge in [-0.05, 0) is 37.5 Å². The quantitative estimate of drug-likeness (QED) is 0.776. The Hall–Kier alpha value is -1.18. The lowest BCUT2D eigenvalue weighted by Gasteiger charge is -2.43. The molecule has 0 fully saturated rings. The molecule has 0 bridgehead atoms. The van der Waals surface area contributed by atoms with E-state index in [0.717, 1.165) is 6.54 Å². The van der Waals surface area contributed by atoms with Crippen molar-refractivity contribution < 1.29 is 0 Å². The fourth-order valence-corrected chi connectivity index (χ4v) is 2.10. The summed E-state index contributed by atoms with van der Waals surface area (Å²) in [5, 5.41) is 3.54. The maximum atomic E-state index is 3.54. The Morgan fingerprint density at radius 3 is 2.62 bits per heavy atom. The summed E-state index contributed by atoms with van der Waals surface area (Å²) in [6, 6.07) is 6.76. The van der Waals surface area contributed by atoms with E-state index < -0.39 is 0 Å². The van der Waals surface area contributed by atoms with E-state index >= 15 is 0 Å². The van der Waals surface area contributed by atoms with Crippen LogP contribution in [0.3, 0.4) is 0 Å². The molecule has 2 nitrogen and oxygen atoms in total. The Kier molecular flexibility index (Phi) is 2.61. The van der Waals surface area contributed by atoms with Gasteiger partial charge in [-0.2, -0.15) is 0 Å². The summed E-state index contributed by atoms with van der Waals surface area (Å²) in [4.78, 5) is 2.36. The summed E-state index contributed by atoms with van der Waals surface area (Å²) in [6.45, 7) is 9.99. The lowest BCUT2D eigenvalue weighted by atomic mass is 9.95. The minimum Gasteiger partial charge on any atom is -0.381 e. The number of nitrogens with one attached hydrogen (secondary N) is 1. The Bertz CT molecular complexity index is 394. The molecule has 0 aromatic heterocycles. The van der Waals surface area contributed by atoms with E-state index in [1.54, 1.807) is 0 Å². The molecule has 2 rings (SSSR count). The van der Waals surface area contributed by atoms with Crippen LogP contribution >= 0.6 is 0 Å². The minimum absolute atomic E-state index is 0.187. The molecule has 0 saturated carbocycles. The number of benzene rings is 1. The Balaban J connectivity index is 2.41. The molecule has 88 valence electrons. The number of hydrogen-bond donors (Lipinski definition) is 1. The second-order valence-corrected chi connectivity index (χ2v) is 5.66. The van der Waals surface area contributed by atoms with Gasteiger partial charge in [0.05, 0.1) is 16.9 Å². The van der Waals surface area contributed by atoms with E-state index in [0.29, 0.717) is 5.92 Å². The highest BCUT2D eigenvalue weighted by Gasteiger charge is 2.29. The van der Waals surface area contributed by atoms with Crippen LogP contribution in [0.25, 0.3) is 0 Å². The first-order valence-electron chi connectivity index (χ1n) is 6.03. The molecule has 2 heteroatoms. The molecule has 1 aliphatic rings. The number of nitrogens with zero attached hydrogens (tertiary/aromatic N) is 1. The van der Waals surface area contributed by atoms with Gasteiger partial charge in [-0.25, -0.2) is 0 Å². The van der Waals surface area contributed by atoms with Gasteiger partial charge in [0.1, 0.15) is 0 Å². The average molecular weight is 218 g/mol. The molecule has 1 heterocycles. The van der Waals surface area contributed by atoms with Crippen molar-refractivity contribution in [3.63, 3.8) is 0 Å². The van der Waals surface area contributed by atoms with Crippen molar-refractivity contribution in [1.82, 2.24) is 0 Å². The van der Waals surface area contributed by atoms with Gasteiger partial charge in [0.15, 0.2) is 0 Å². The lowest BCUT2D eigenvalue weighted by molar-refractivity contribution is 0.502. The maximum absolute atomic E-state index is 3.54. The topological polar surface area (TPSA) is 15.3 Å². The van der Waals surface area contributed by atoms with Crippen LogP contribution in [0.2, 0.25) is 0 Å². The van der Waals surface area contributed by atoms with Crippen LogP contribution in [0.1, 0.15) is 39.2 Å². The Morgan fingerprint density at radius 1 is 1.31 bits per heavy atom. The zero-order chi connectivity index (χ0) is 11.9. The van der Waals surface area contributed by atoms with Gasteiger partial charge in [-0.15, -0.1) is 0 Å². The molecule has 0 amide bonds. The number of likely N-dealkylation sites (N-methyl/N-ethyl adjacent to an activating group) is 1. The highest BCUT2D eigenvalue weighted by Crippen LogP contribution is 2.36. The van der Waals surface area contributed by atoms with Crippen molar-refractivity contribution in [2.75, 3.05) is 23.8 Å².